The minimum absolute atomic E-state index is 0.240. The number of sulfonamides is 1. The number of nitrogens with one attached hydrogen (secondary N) is 1. The number of hydrogen-bond acceptors (Lipinski definition) is 5. The fraction of sp³-hybridized carbons (Fsp3) is 0.455. The van der Waals surface area contributed by atoms with Gasteiger partial charge >= 0.3 is 0 Å². The van der Waals surface area contributed by atoms with Crippen LogP contribution in [0.4, 0.5) is 11.5 Å². The number of aromatic nitrogens is 1. The van der Waals surface area contributed by atoms with Gasteiger partial charge in [-0.05, 0) is 68.5 Å². The number of rotatable bonds is 5. The Morgan fingerprint density at radius 2 is 1.50 bits per heavy atom. The van der Waals surface area contributed by atoms with E-state index in [4.69, 9.17) is 0 Å². The molecule has 0 spiro atoms. The van der Waals surface area contributed by atoms with Crippen molar-refractivity contribution in [2.75, 3.05) is 36.4 Å². The minimum atomic E-state index is -3.48. The maximum absolute atomic E-state index is 12.9. The molecule has 30 heavy (non-hydrogen) atoms. The van der Waals surface area contributed by atoms with Gasteiger partial charge in [0, 0.05) is 38.1 Å². The molecule has 2 fully saturated rings. The van der Waals surface area contributed by atoms with Crippen LogP contribution in [-0.2, 0) is 10.0 Å². The molecule has 0 unspecified atom stereocenters. The lowest BCUT2D eigenvalue weighted by Gasteiger charge is -2.29. The van der Waals surface area contributed by atoms with Crippen molar-refractivity contribution in [1.29, 1.82) is 0 Å². The van der Waals surface area contributed by atoms with Gasteiger partial charge in [-0.25, -0.2) is 13.4 Å². The highest BCUT2D eigenvalue weighted by molar-refractivity contribution is 7.89. The Hall–Kier alpha value is -2.45. The number of pyridine rings is 1. The first-order valence-electron chi connectivity index (χ1n) is 10.7. The molecule has 0 aliphatic carbocycles. The van der Waals surface area contributed by atoms with Gasteiger partial charge in [-0.3, -0.25) is 4.79 Å². The van der Waals surface area contributed by atoms with Gasteiger partial charge in [0.15, 0.2) is 0 Å². The lowest BCUT2D eigenvalue weighted by Crippen LogP contribution is -2.35. The number of benzene rings is 1. The number of amides is 1. The monoisotopic (exact) mass is 428 g/mol. The number of carbonyl (C=O) groups excluding carboxylic acids is 1. The van der Waals surface area contributed by atoms with E-state index in [1.165, 1.54) is 6.42 Å². The fourth-order valence-electron chi connectivity index (χ4n) is 4.09. The van der Waals surface area contributed by atoms with E-state index in [1.54, 1.807) is 46.9 Å². The molecule has 160 valence electrons. The highest BCUT2D eigenvalue weighted by Crippen LogP contribution is 2.24. The summed E-state index contributed by atoms with van der Waals surface area (Å²) >= 11 is 0. The zero-order valence-electron chi connectivity index (χ0n) is 17.1. The Morgan fingerprint density at radius 1 is 0.867 bits per heavy atom. The molecule has 1 aromatic heterocycles. The largest absolute Gasteiger partial charge is 0.356 e. The second-order valence-electron chi connectivity index (χ2n) is 7.87. The van der Waals surface area contributed by atoms with E-state index in [1.807, 2.05) is 0 Å². The molecule has 2 aromatic rings. The number of nitrogens with zero attached hydrogens (tertiary/aromatic N) is 3. The van der Waals surface area contributed by atoms with Crippen LogP contribution in [0.2, 0.25) is 0 Å². The lowest BCUT2D eigenvalue weighted by molar-refractivity contribution is 0.102. The molecule has 7 nitrogen and oxygen atoms in total. The molecule has 1 amide bonds. The van der Waals surface area contributed by atoms with Crippen LogP contribution < -0.4 is 10.2 Å². The number of piperidine rings is 2. The summed E-state index contributed by atoms with van der Waals surface area (Å²) in [7, 11) is -3.48. The van der Waals surface area contributed by atoms with Crippen LogP contribution in [0.25, 0.3) is 0 Å². The summed E-state index contributed by atoms with van der Waals surface area (Å²) in [5, 5.41) is 2.88. The molecule has 1 N–H and O–H groups in total. The summed E-state index contributed by atoms with van der Waals surface area (Å²) in [5.74, 6) is 0.467. The molecular formula is C22H28N4O3S. The van der Waals surface area contributed by atoms with E-state index in [9.17, 15) is 13.2 Å². The van der Waals surface area contributed by atoms with Gasteiger partial charge in [-0.2, -0.15) is 4.31 Å². The number of carbonyl (C=O) groups is 1. The first kappa shape index (κ1) is 20.8. The quantitative estimate of drug-likeness (QED) is 0.788. The summed E-state index contributed by atoms with van der Waals surface area (Å²) in [6.07, 6.45) is 7.99. The first-order chi connectivity index (χ1) is 14.6. The van der Waals surface area contributed by atoms with Gasteiger partial charge in [-0.1, -0.05) is 6.42 Å². The second-order valence-corrected chi connectivity index (χ2v) is 9.80. The van der Waals surface area contributed by atoms with Crippen LogP contribution >= 0.6 is 0 Å². The van der Waals surface area contributed by atoms with Gasteiger partial charge in [0.25, 0.3) is 5.91 Å². The molecule has 4 rings (SSSR count). The third-order valence-electron chi connectivity index (χ3n) is 5.75. The minimum Gasteiger partial charge on any atom is -0.356 e. The second kappa shape index (κ2) is 9.14. The highest BCUT2D eigenvalue weighted by Gasteiger charge is 2.26. The van der Waals surface area contributed by atoms with Gasteiger partial charge < -0.3 is 10.2 Å². The SMILES string of the molecule is O=C(Nc1ccc(S(=O)(=O)N2CCCCC2)cc1)c1cccnc1N1CCCCC1. The number of hydrogen-bond donors (Lipinski definition) is 1. The van der Waals surface area contributed by atoms with Crippen molar-refractivity contribution in [3.05, 3.63) is 48.2 Å². The fourth-order valence-corrected chi connectivity index (χ4v) is 5.61. The maximum atomic E-state index is 12.9. The van der Waals surface area contributed by atoms with E-state index in [-0.39, 0.29) is 10.8 Å². The predicted octanol–water partition coefficient (Wildman–Crippen LogP) is 3.50. The Kier molecular flexibility index (Phi) is 6.34. The Bertz CT molecular complexity index is 980. The predicted molar refractivity (Wildman–Crippen MR) is 117 cm³/mol. The van der Waals surface area contributed by atoms with Gasteiger partial charge in [-0.15, -0.1) is 0 Å². The van der Waals surface area contributed by atoms with Crippen LogP contribution in [0.3, 0.4) is 0 Å². The maximum Gasteiger partial charge on any atom is 0.259 e. The van der Waals surface area contributed by atoms with E-state index in [2.05, 4.69) is 15.2 Å². The van der Waals surface area contributed by atoms with Crippen LogP contribution in [0, 0.1) is 0 Å². The van der Waals surface area contributed by atoms with Crippen molar-refractivity contribution in [2.24, 2.45) is 0 Å². The molecular weight excluding hydrogens is 400 g/mol. The van der Waals surface area contributed by atoms with Crippen LogP contribution in [0.5, 0.6) is 0 Å². The summed E-state index contributed by atoms with van der Waals surface area (Å²) < 4.78 is 27.1. The molecule has 2 aliphatic rings. The third-order valence-corrected chi connectivity index (χ3v) is 7.66. The smallest absolute Gasteiger partial charge is 0.259 e. The average Bonchev–Trinajstić information content (AvgIpc) is 2.80. The molecule has 0 radical (unpaired) electrons. The van der Waals surface area contributed by atoms with Crippen molar-refractivity contribution in [2.45, 2.75) is 43.4 Å². The Labute approximate surface area is 178 Å². The van der Waals surface area contributed by atoms with E-state index >= 15 is 0 Å². The molecule has 2 saturated heterocycles. The van der Waals surface area contributed by atoms with Crippen molar-refractivity contribution in [3.63, 3.8) is 0 Å². The molecule has 1 aromatic carbocycles. The molecule has 0 atom stereocenters. The van der Waals surface area contributed by atoms with Crippen LogP contribution in [-0.4, -0.2) is 49.8 Å². The summed E-state index contributed by atoms with van der Waals surface area (Å²) in [6, 6.07) is 9.96. The van der Waals surface area contributed by atoms with Gasteiger partial charge in [0.2, 0.25) is 10.0 Å². The first-order valence-corrected chi connectivity index (χ1v) is 12.1. The van der Waals surface area contributed by atoms with Crippen molar-refractivity contribution in [3.8, 4) is 0 Å². The van der Waals surface area contributed by atoms with Gasteiger partial charge in [0.05, 0.1) is 10.5 Å². The van der Waals surface area contributed by atoms with Crippen molar-refractivity contribution in [1.82, 2.24) is 9.29 Å². The molecule has 3 heterocycles. The summed E-state index contributed by atoms with van der Waals surface area (Å²) in [4.78, 5) is 19.8. The van der Waals surface area contributed by atoms with Crippen molar-refractivity contribution < 1.29 is 13.2 Å². The standard InChI is InChI=1S/C22H28N4O3S/c27-22(20-8-7-13-23-21(20)25-14-3-1-4-15-25)24-18-9-11-19(12-10-18)30(28,29)26-16-5-2-6-17-26/h7-13H,1-6,14-17H2,(H,24,27). The molecule has 0 bridgehead atoms. The molecule has 8 heteroatoms. The molecule has 2 aliphatic heterocycles. The average molecular weight is 429 g/mol. The van der Waals surface area contributed by atoms with Crippen LogP contribution in [0.15, 0.2) is 47.5 Å². The third kappa shape index (κ3) is 4.49. The number of anilines is 2. The van der Waals surface area contributed by atoms with Gasteiger partial charge in [0.1, 0.15) is 5.82 Å². The summed E-state index contributed by atoms with van der Waals surface area (Å²) in [6.45, 7) is 2.95. The molecule has 0 saturated carbocycles. The normalized spacial score (nSPS) is 18.2. The van der Waals surface area contributed by atoms with Crippen LogP contribution in [0.1, 0.15) is 48.9 Å². The summed E-state index contributed by atoms with van der Waals surface area (Å²) in [5.41, 5.74) is 1.09. The van der Waals surface area contributed by atoms with E-state index in [0.717, 1.165) is 45.2 Å². The van der Waals surface area contributed by atoms with E-state index < -0.39 is 10.0 Å². The zero-order valence-corrected chi connectivity index (χ0v) is 17.9. The topological polar surface area (TPSA) is 82.6 Å². The highest BCUT2D eigenvalue weighted by atomic mass is 32.2. The lowest BCUT2D eigenvalue weighted by atomic mass is 10.1. The van der Waals surface area contributed by atoms with Crippen molar-refractivity contribution >= 4 is 27.4 Å². The zero-order chi connectivity index (χ0) is 21.0. The Balaban J connectivity index is 1.48. The van der Waals surface area contributed by atoms with E-state index in [0.29, 0.717) is 30.2 Å². The Morgan fingerprint density at radius 3 is 2.17 bits per heavy atom.